The Labute approximate surface area is 156 Å². The van der Waals surface area contributed by atoms with E-state index >= 15 is 0 Å². The van der Waals surface area contributed by atoms with E-state index in [1.165, 1.54) is 22.2 Å². The SMILES string of the molecule is O=C(NCc1ccccc1Cl)c1cc(Cn2ccc(C(F)(F)F)n2)cs1. The van der Waals surface area contributed by atoms with Crippen LogP contribution in [0.15, 0.2) is 48.0 Å². The Hall–Kier alpha value is -2.32. The molecule has 3 rings (SSSR count). The van der Waals surface area contributed by atoms with Crippen molar-refractivity contribution < 1.29 is 18.0 Å². The van der Waals surface area contributed by atoms with Crippen LogP contribution in [0.25, 0.3) is 0 Å². The van der Waals surface area contributed by atoms with Crippen LogP contribution in [0.1, 0.15) is 26.5 Å². The van der Waals surface area contributed by atoms with Crippen molar-refractivity contribution in [2.75, 3.05) is 0 Å². The molecule has 0 bridgehead atoms. The third kappa shape index (κ3) is 4.44. The fraction of sp³-hybridized carbons (Fsp3) is 0.176. The molecule has 26 heavy (non-hydrogen) atoms. The van der Waals surface area contributed by atoms with Crippen molar-refractivity contribution in [3.05, 3.63) is 74.7 Å². The molecule has 0 aliphatic carbocycles. The average Bonchev–Trinajstić information content (AvgIpc) is 3.23. The van der Waals surface area contributed by atoms with E-state index in [0.29, 0.717) is 22.0 Å². The maximum atomic E-state index is 12.6. The van der Waals surface area contributed by atoms with Gasteiger partial charge in [-0.1, -0.05) is 29.8 Å². The van der Waals surface area contributed by atoms with E-state index < -0.39 is 11.9 Å². The molecule has 0 unspecified atom stereocenters. The lowest BCUT2D eigenvalue weighted by molar-refractivity contribution is -0.141. The first-order chi connectivity index (χ1) is 12.3. The highest BCUT2D eigenvalue weighted by Gasteiger charge is 2.33. The molecule has 1 N–H and O–H groups in total. The van der Waals surface area contributed by atoms with Gasteiger partial charge in [-0.2, -0.15) is 18.3 Å². The zero-order valence-corrected chi connectivity index (χ0v) is 14.8. The summed E-state index contributed by atoms with van der Waals surface area (Å²) >= 11 is 7.26. The predicted octanol–water partition coefficient (Wildman–Crippen LogP) is 4.60. The molecule has 136 valence electrons. The first kappa shape index (κ1) is 18.5. The smallest absolute Gasteiger partial charge is 0.347 e. The van der Waals surface area contributed by atoms with Gasteiger partial charge in [-0.05, 0) is 34.7 Å². The van der Waals surface area contributed by atoms with E-state index in [0.717, 1.165) is 11.6 Å². The Morgan fingerprint density at radius 1 is 1.27 bits per heavy atom. The standard InChI is InChI=1S/C17H13ClF3N3OS/c18-13-4-2-1-3-12(13)8-22-16(25)14-7-11(10-26-14)9-24-6-5-15(23-24)17(19,20)21/h1-7,10H,8-9H2,(H,22,25). The maximum Gasteiger partial charge on any atom is 0.435 e. The number of thiophene rings is 1. The lowest BCUT2D eigenvalue weighted by Crippen LogP contribution is -2.21. The number of rotatable bonds is 5. The summed E-state index contributed by atoms with van der Waals surface area (Å²) in [6.45, 7) is 0.449. The van der Waals surface area contributed by atoms with E-state index in [-0.39, 0.29) is 12.5 Å². The van der Waals surface area contributed by atoms with Crippen molar-refractivity contribution in [2.45, 2.75) is 19.3 Å². The van der Waals surface area contributed by atoms with Gasteiger partial charge in [-0.3, -0.25) is 9.48 Å². The number of aromatic nitrogens is 2. The summed E-state index contributed by atoms with van der Waals surface area (Å²) in [6.07, 6.45) is -3.21. The van der Waals surface area contributed by atoms with Crippen LogP contribution in [-0.2, 0) is 19.3 Å². The summed E-state index contributed by atoms with van der Waals surface area (Å²) in [6, 6.07) is 9.75. The topological polar surface area (TPSA) is 46.9 Å². The van der Waals surface area contributed by atoms with Crippen LogP contribution in [0.4, 0.5) is 13.2 Å². The molecule has 0 aliphatic rings. The molecule has 0 fully saturated rings. The summed E-state index contributed by atoms with van der Waals surface area (Å²) < 4.78 is 38.9. The molecular weight excluding hydrogens is 387 g/mol. The number of halogens is 4. The van der Waals surface area contributed by atoms with Gasteiger partial charge >= 0.3 is 6.18 Å². The van der Waals surface area contributed by atoms with E-state index in [4.69, 9.17) is 11.6 Å². The van der Waals surface area contributed by atoms with Crippen molar-refractivity contribution in [2.24, 2.45) is 0 Å². The molecule has 0 radical (unpaired) electrons. The van der Waals surface area contributed by atoms with Crippen LogP contribution in [0.3, 0.4) is 0 Å². The second kappa shape index (κ2) is 7.51. The van der Waals surface area contributed by atoms with E-state index in [1.54, 1.807) is 23.6 Å². The highest BCUT2D eigenvalue weighted by atomic mass is 35.5. The third-order valence-electron chi connectivity index (χ3n) is 3.55. The Bertz CT molecular complexity index is 920. The maximum absolute atomic E-state index is 12.6. The predicted molar refractivity (Wildman–Crippen MR) is 93.3 cm³/mol. The van der Waals surface area contributed by atoms with Crippen LogP contribution in [0.5, 0.6) is 0 Å². The molecule has 1 aromatic carbocycles. The number of hydrogen-bond acceptors (Lipinski definition) is 3. The first-order valence-electron chi connectivity index (χ1n) is 7.52. The van der Waals surface area contributed by atoms with Crippen LogP contribution in [0, 0.1) is 0 Å². The number of nitrogens with one attached hydrogen (secondary N) is 1. The number of hydrogen-bond donors (Lipinski definition) is 1. The van der Waals surface area contributed by atoms with E-state index in [2.05, 4.69) is 10.4 Å². The summed E-state index contributed by atoms with van der Waals surface area (Å²) in [5.41, 5.74) is 0.565. The van der Waals surface area contributed by atoms with Gasteiger partial charge < -0.3 is 5.32 Å². The van der Waals surface area contributed by atoms with Crippen molar-refractivity contribution in [3.63, 3.8) is 0 Å². The minimum Gasteiger partial charge on any atom is -0.347 e. The van der Waals surface area contributed by atoms with Gasteiger partial charge in [-0.15, -0.1) is 11.3 Å². The van der Waals surface area contributed by atoms with Gasteiger partial charge in [0.15, 0.2) is 5.69 Å². The van der Waals surface area contributed by atoms with Gasteiger partial charge in [0.1, 0.15) is 0 Å². The van der Waals surface area contributed by atoms with Crippen molar-refractivity contribution in [3.8, 4) is 0 Å². The second-order valence-corrected chi connectivity index (χ2v) is 6.81. The molecular formula is C17H13ClF3N3OS. The molecule has 2 aromatic heterocycles. The molecule has 3 aromatic rings. The Balaban J connectivity index is 1.61. The monoisotopic (exact) mass is 399 g/mol. The first-order valence-corrected chi connectivity index (χ1v) is 8.78. The molecule has 4 nitrogen and oxygen atoms in total. The largest absolute Gasteiger partial charge is 0.435 e. The molecule has 0 spiro atoms. The number of amides is 1. The van der Waals surface area contributed by atoms with E-state index in [9.17, 15) is 18.0 Å². The van der Waals surface area contributed by atoms with Gasteiger partial charge in [0.05, 0.1) is 11.4 Å². The van der Waals surface area contributed by atoms with Crippen molar-refractivity contribution in [1.29, 1.82) is 0 Å². The number of nitrogens with zero attached hydrogens (tertiary/aromatic N) is 2. The molecule has 2 heterocycles. The number of carbonyl (C=O) groups excluding carboxylic acids is 1. The molecule has 0 saturated heterocycles. The van der Waals surface area contributed by atoms with Crippen LogP contribution < -0.4 is 5.32 Å². The molecule has 9 heteroatoms. The number of carbonyl (C=O) groups is 1. The molecule has 1 amide bonds. The van der Waals surface area contributed by atoms with Crippen LogP contribution in [-0.4, -0.2) is 15.7 Å². The van der Waals surface area contributed by atoms with Crippen LogP contribution in [0.2, 0.25) is 5.02 Å². The quantitative estimate of drug-likeness (QED) is 0.681. The molecule has 0 saturated carbocycles. The van der Waals surface area contributed by atoms with Crippen LogP contribution >= 0.6 is 22.9 Å². The average molecular weight is 400 g/mol. The zero-order valence-electron chi connectivity index (χ0n) is 13.3. The lowest BCUT2D eigenvalue weighted by Gasteiger charge is -2.05. The normalized spacial score (nSPS) is 11.5. The van der Waals surface area contributed by atoms with Gasteiger partial charge in [0.25, 0.3) is 5.91 Å². The Morgan fingerprint density at radius 2 is 2.04 bits per heavy atom. The third-order valence-corrected chi connectivity index (χ3v) is 4.90. The highest BCUT2D eigenvalue weighted by molar-refractivity contribution is 7.12. The van der Waals surface area contributed by atoms with Gasteiger partial charge in [-0.25, -0.2) is 0 Å². The fourth-order valence-electron chi connectivity index (χ4n) is 2.27. The number of alkyl halides is 3. The minimum absolute atomic E-state index is 0.157. The Morgan fingerprint density at radius 3 is 2.73 bits per heavy atom. The summed E-state index contributed by atoms with van der Waals surface area (Å²) in [5, 5.41) is 8.56. The highest BCUT2D eigenvalue weighted by Crippen LogP contribution is 2.27. The van der Waals surface area contributed by atoms with Crippen molar-refractivity contribution in [1.82, 2.24) is 15.1 Å². The van der Waals surface area contributed by atoms with Crippen molar-refractivity contribution >= 4 is 28.8 Å². The minimum atomic E-state index is -4.47. The summed E-state index contributed by atoms with van der Waals surface area (Å²) in [4.78, 5) is 12.7. The number of benzene rings is 1. The Kier molecular flexibility index (Phi) is 5.33. The lowest BCUT2D eigenvalue weighted by atomic mass is 10.2. The molecule has 0 aliphatic heterocycles. The summed E-state index contributed by atoms with van der Waals surface area (Å²) in [5.74, 6) is -0.266. The zero-order chi connectivity index (χ0) is 18.7. The molecule has 0 atom stereocenters. The van der Waals surface area contributed by atoms with E-state index in [1.807, 2.05) is 12.1 Å². The second-order valence-electron chi connectivity index (χ2n) is 5.49. The summed E-state index contributed by atoms with van der Waals surface area (Å²) in [7, 11) is 0. The fourth-order valence-corrected chi connectivity index (χ4v) is 3.29. The van der Waals surface area contributed by atoms with Gasteiger partial charge in [0, 0.05) is 17.8 Å². The van der Waals surface area contributed by atoms with Gasteiger partial charge in [0.2, 0.25) is 0 Å².